The van der Waals surface area contributed by atoms with Crippen molar-refractivity contribution in [2.45, 2.75) is 12.8 Å². The zero-order valence-corrected chi connectivity index (χ0v) is 9.57. The Bertz CT molecular complexity index is 281. The molecule has 0 radical (unpaired) electrons. The van der Waals surface area contributed by atoms with Crippen molar-refractivity contribution in [1.29, 1.82) is 0 Å². The first-order valence-electron chi connectivity index (χ1n) is 5.79. The number of nitrogens with one attached hydrogen (secondary N) is 1. The van der Waals surface area contributed by atoms with Gasteiger partial charge >= 0.3 is 5.97 Å². The quantitative estimate of drug-likeness (QED) is 0.652. The van der Waals surface area contributed by atoms with Crippen LogP contribution >= 0.6 is 0 Å². The molecule has 5 nitrogen and oxygen atoms in total. The number of amides is 1. The smallest absolute Gasteiger partial charge is 0.312 e. The molecule has 1 amide bonds. The molecule has 2 aliphatic heterocycles. The summed E-state index contributed by atoms with van der Waals surface area (Å²) < 4.78 is 4.64. The topological polar surface area (TPSA) is 58.6 Å². The van der Waals surface area contributed by atoms with Crippen LogP contribution in [-0.4, -0.2) is 50.1 Å². The standard InChI is InChI=1S/C11H18N2O3/c1-16-11(15)9-6-13(7-9)10(14)8-2-4-12-5-3-8/h8-9,12H,2-7H2,1H3. The molecular formula is C11H18N2O3. The molecule has 0 aromatic heterocycles. The van der Waals surface area contributed by atoms with Gasteiger partial charge in [0.05, 0.1) is 13.0 Å². The van der Waals surface area contributed by atoms with Crippen molar-refractivity contribution in [3.05, 3.63) is 0 Å². The molecule has 90 valence electrons. The molecule has 0 spiro atoms. The van der Waals surface area contributed by atoms with Crippen LogP contribution in [0.3, 0.4) is 0 Å². The van der Waals surface area contributed by atoms with E-state index < -0.39 is 0 Å². The minimum Gasteiger partial charge on any atom is -0.469 e. The average Bonchev–Trinajstić information content (AvgIpc) is 2.27. The van der Waals surface area contributed by atoms with Gasteiger partial charge in [0, 0.05) is 19.0 Å². The van der Waals surface area contributed by atoms with Gasteiger partial charge in [-0.25, -0.2) is 0 Å². The highest BCUT2D eigenvalue weighted by Gasteiger charge is 2.38. The van der Waals surface area contributed by atoms with Crippen molar-refractivity contribution in [3.63, 3.8) is 0 Å². The van der Waals surface area contributed by atoms with Crippen LogP contribution in [0.15, 0.2) is 0 Å². The molecule has 5 heteroatoms. The van der Waals surface area contributed by atoms with Gasteiger partial charge in [0.15, 0.2) is 0 Å². The lowest BCUT2D eigenvalue weighted by molar-refractivity contribution is -0.157. The van der Waals surface area contributed by atoms with E-state index in [2.05, 4.69) is 10.1 Å². The summed E-state index contributed by atoms with van der Waals surface area (Å²) in [5.41, 5.74) is 0. The largest absolute Gasteiger partial charge is 0.469 e. The molecule has 0 atom stereocenters. The van der Waals surface area contributed by atoms with Gasteiger partial charge in [-0.2, -0.15) is 0 Å². The Morgan fingerprint density at radius 1 is 1.19 bits per heavy atom. The Morgan fingerprint density at radius 2 is 1.81 bits per heavy atom. The normalized spacial score (nSPS) is 22.7. The number of likely N-dealkylation sites (tertiary alicyclic amines) is 1. The Labute approximate surface area is 95.1 Å². The average molecular weight is 226 g/mol. The Kier molecular flexibility index (Phi) is 3.43. The fraction of sp³-hybridized carbons (Fsp3) is 0.818. The molecule has 0 aromatic carbocycles. The molecule has 2 rings (SSSR count). The number of rotatable bonds is 2. The predicted molar refractivity (Wildman–Crippen MR) is 57.7 cm³/mol. The Hall–Kier alpha value is -1.10. The van der Waals surface area contributed by atoms with Crippen molar-refractivity contribution in [2.75, 3.05) is 33.3 Å². The van der Waals surface area contributed by atoms with Crippen LogP contribution < -0.4 is 5.32 Å². The molecule has 0 aromatic rings. The molecule has 2 heterocycles. The maximum Gasteiger partial charge on any atom is 0.312 e. The number of hydrogen-bond donors (Lipinski definition) is 1. The van der Waals surface area contributed by atoms with Crippen molar-refractivity contribution in [1.82, 2.24) is 10.2 Å². The van der Waals surface area contributed by atoms with Gasteiger partial charge in [0.1, 0.15) is 0 Å². The lowest BCUT2D eigenvalue weighted by Gasteiger charge is -2.40. The number of hydrogen-bond acceptors (Lipinski definition) is 4. The number of carbonyl (C=O) groups is 2. The number of piperidine rings is 1. The SMILES string of the molecule is COC(=O)C1CN(C(=O)C2CCNCC2)C1. The zero-order valence-electron chi connectivity index (χ0n) is 9.57. The van der Waals surface area contributed by atoms with Gasteiger partial charge in [-0.05, 0) is 25.9 Å². The summed E-state index contributed by atoms with van der Waals surface area (Å²) in [6, 6.07) is 0. The molecule has 2 aliphatic rings. The van der Waals surface area contributed by atoms with Crippen molar-refractivity contribution < 1.29 is 14.3 Å². The van der Waals surface area contributed by atoms with E-state index in [9.17, 15) is 9.59 Å². The molecule has 0 unspecified atom stereocenters. The summed E-state index contributed by atoms with van der Waals surface area (Å²) in [5.74, 6) is 0.0616. The highest BCUT2D eigenvalue weighted by atomic mass is 16.5. The van der Waals surface area contributed by atoms with Crippen LogP contribution in [0.2, 0.25) is 0 Å². The first kappa shape index (κ1) is 11.4. The number of esters is 1. The van der Waals surface area contributed by atoms with Crippen LogP contribution in [0.4, 0.5) is 0 Å². The third-order valence-corrected chi connectivity index (χ3v) is 3.42. The second-order valence-electron chi connectivity index (χ2n) is 4.49. The Balaban J connectivity index is 1.78. The predicted octanol–water partition coefficient (Wildman–Crippen LogP) is -0.383. The highest BCUT2D eigenvalue weighted by Crippen LogP contribution is 2.23. The number of ether oxygens (including phenoxy) is 1. The van der Waals surface area contributed by atoms with E-state index in [1.807, 2.05) is 0 Å². The lowest BCUT2D eigenvalue weighted by atomic mass is 9.92. The summed E-state index contributed by atoms with van der Waals surface area (Å²) in [6.07, 6.45) is 1.83. The third kappa shape index (κ3) is 2.19. The monoisotopic (exact) mass is 226 g/mol. The summed E-state index contributed by atoms with van der Waals surface area (Å²) >= 11 is 0. The van der Waals surface area contributed by atoms with E-state index in [4.69, 9.17) is 0 Å². The lowest BCUT2D eigenvalue weighted by Crippen LogP contribution is -2.55. The van der Waals surface area contributed by atoms with Crippen LogP contribution in [0.25, 0.3) is 0 Å². The molecule has 2 saturated heterocycles. The fourth-order valence-corrected chi connectivity index (χ4v) is 2.30. The van der Waals surface area contributed by atoms with E-state index in [0.29, 0.717) is 13.1 Å². The molecular weight excluding hydrogens is 208 g/mol. The second kappa shape index (κ2) is 4.82. The zero-order chi connectivity index (χ0) is 11.5. The van der Waals surface area contributed by atoms with Gasteiger partial charge in [-0.1, -0.05) is 0 Å². The molecule has 0 bridgehead atoms. The van der Waals surface area contributed by atoms with E-state index in [-0.39, 0.29) is 23.7 Å². The Morgan fingerprint density at radius 3 is 2.38 bits per heavy atom. The molecule has 16 heavy (non-hydrogen) atoms. The molecule has 0 aliphatic carbocycles. The summed E-state index contributed by atoms with van der Waals surface area (Å²) in [4.78, 5) is 24.9. The summed E-state index contributed by atoms with van der Waals surface area (Å²) in [5, 5.41) is 3.24. The van der Waals surface area contributed by atoms with Crippen molar-refractivity contribution >= 4 is 11.9 Å². The fourth-order valence-electron chi connectivity index (χ4n) is 2.30. The third-order valence-electron chi connectivity index (χ3n) is 3.42. The summed E-state index contributed by atoms with van der Waals surface area (Å²) in [6.45, 7) is 2.92. The van der Waals surface area contributed by atoms with Gasteiger partial charge in [-0.3, -0.25) is 9.59 Å². The van der Waals surface area contributed by atoms with Gasteiger partial charge in [0.2, 0.25) is 5.91 Å². The van der Waals surface area contributed by atoms with Crippen LogP contribution in [0.5, 0.6) is 0 Å². The van der Waals surface area contributed by atoms with Gasteiger partial charge < -0.3 is 15.0 Å². The molecule has 0 saturated carbocycles. The molecule has 2 fully saturated rings. The summed E-state index contributed by atoms with van der Waals surface area (Å²) in [7, 11) is 1.39. The van der Waals surface area contributed by atoms with E-state index in [1.54, 1.807) is 4.90 Å². The number of methoxy groups -OCH3 is 1. The number of carbonyl (C=O) groups excluding carboxylic acids is 2. The van der Waals surface area contributed by atoms with E-state index >= 15 is 0 Å². The maximum absolute atomic E-state index is 12.0. The first-order chi connectivity index (χ1) is 7.72. The van der Waals surface area contributed by atoms with Crippen LogP contribution in [0, 0.1) is 11.8 Å². The maximum atomic E-state index is 12.0. The first-order valence-corrected chi connectivity index (χ1v) is 5.79. The van der Waals surface area contributed by atoms with Crippen LogP contribution in [-0.2, 0) is 14.3 Å². The second-order valence-corrected chi connectivity index (χ2v) is 4.49. The van der Waals surface area contributed by atoms with Crippen molar-refractivity contribution in [2.24, 2.45) is 11.8 Å². The molecule has 1 N–H and O–H groups in total. The van der Waals surface area contributed by atoms with Gasteiger partial charge in [-0.15, -0.1) is 0 Å². The van der Waals surface area contributed by atoms with Crippen molar-refractivity contribution in [3.8, 4) is 0 Å². The van der Waals surface area contributed by atoms with Crippen LogP contribution in [0.1, 0.15) is 12.8 Å². The highest BCUT2D eigenvalue weighted by molar-refractivity contribution is 5.83. The minimum absolute atomic E-state index is 0.101. The minimum atomic E-state index is -0.200. The van der Waals surface area contributed by atoms with E-state index in [1.165, 1.54) is 7.11 Å². The van der Waals surface area contributed by atoms with Gasteiger partial charge in [0.25, 0.3) is 0 Å². The van der Waals surface area contributed by atoms with E-state index in [0.717, 1.165) is 25.9 Å². The number of nitrogens with zero attached hydrogens (tertiary/aromatic N) is 1.